The van der Waals surface area contributed by atoms with Crippen LogP contribution in [-0.4, -0.2) is 24.5 Å². The van der Waals surface area contributed by atoms with E-state index >= 15 is 0 Å². The minimum absolute atomic E-state index is 0.0369. The maximum atomic E-state index is 12.3. The van der Waals surface area contributed by atoms with Crippen LogP contribution in [0.15, 0.2) is 8.26 Å². The van der Waals surface area contributed by atoms with Gasteiger partial charge in [-0.15, -0.1) is 11.3 Å². The monoisotopic (exact) mass is 425 g/mol. The summed E-state index contributed by atoms with van der Waals surface area (Å²) < 4.78 is 6.72. The number of rotatable bonds is 5. The second kappa shape index (κ2) is 7.56. The molecule has 0 radical (unpaired) electrons. The summed E-state index contributed by atoms with van der Waals surface area (Å²) in [5.74, 6) is -0.695. The third-order valence-electron chi connectivity index (χ3n) is 2.73. The number of amides is 1. The van der Waals surface area contributed by atoms with Crippen molar-refractivity contribution < 1.29 is 14.3 Å². The number of halogens is 2. The molecule has 1 heterocycles. The van der Waals surface area contributed by atoms with E-state index in [2.05, 4.69) is 37.2 Å². The first-order valence-electron chi connectivity index (χ1n) is 6.21. The molecule has 0 saturated heterocycles. The van der Waals surface area contributed by atoms with Crippen LogP contribution in [0.2, 0.25) is 0 Å². The van der Waals surface area contributed by atoms with Crippen molar-refractivity contribution in [2.45, 2.75) is 33.7 Å². The Labute approximate surface area is 139 Å². The van der Waals surface area contributed by atoms with Crippen LogP contribution in [0.1, 0.15) is 36.0 Å². The molecule has 1 N–H and O–H groups in total. The van der Waals surface area contributed by atoms with E-state index < -0.39 is 12.0 Å². The zero-order chi connectivity index (χ0) is 15.4. The van der Waals surface area contributed by atoms with Gasteiger partial charge in [-0.2, -0.15) is 0 Å². The first kappa shape index (κ1) is 17.7. The van der Waals surface area contributed by atoms with Crippen molar-refractivity contribution in [1.29, 1.82) is 0 Å². The topological polar surface area (TPSA) is 55.4 Å². The van der Waals surface area contributed by atoms with Crippen molar-refractivity contribution in [3.8, 4) is 0 Å². The molecule has 1 aromatic heterocycles. The maximum absolute atomic E-state index is 12.3. The molecule has 0 saturated carbocycles. The van der Waals surface area contributed by atoms with Crippen LogP contribution in [-0.2, 0) is 9.53 Å². The number of thiophene rings is 1. The van der Waals surface area contributed by atoms with E-state index in [4.69, 9.17) is 4.74 Å². The molecule has 0 aliphatic rings. The molecule has 0 aliphatic heterocycles. The Hall–Kier alpha value is -0.400. The molecule has 0 bridgehead atoms. The third kappa shape index (κ3) is 4.05. The Morgan fingerprint density at radius 2 is 1.95 bits per heavy atom. The van der Waals surface area contributed by atoms with Crippen LogP contribution in [0.5, 0.6) is 0 Å². The van der Waals surface area contributed by atoms with E-state index in [1.54, 1.807) is 6.92 Å². The second-order valence-corrected chi connectivity index (χ2v) is 7.72. The van der Waals surface area contributed by atoms with Crippen LogP contribution >= 0.6 is 43.2 Å². The molecule has 7 heteroatoms. The first-order valence-corrected chi connectivity index (χ1v) is 8.61. The summed E-state index contributed by atoms with van der Waals surface area (Å²) in [6.45, 7) is 7.64. The lowest BCUT2D eigenvalue weighted by atomic mass is 10.0. The predicted octanol–water partition coefficient (Wildman–Crippen LogP) is 3.90. The zero-order valence-electron chi connectivity index (χ0n) is 11.8. The van der Waals surface area contributed by atoms with Gasteiger partial charge < -0.3 is 10.1 Å². The quantitative estimate of drug-likeness (QED) is 0.726. The molecule has 1 unspecified atom stereocenters. The summed E-state index contributed by atoms with van der Waals surface area (Å²) in [7, 11) is 0. The molecule has 20 heavy (non-hydrogen) atoms. The standard InChI is InChI=1S/C13H17Br2NO3S/c1-5-19-13(18)9(6(2)3)16-12(17)10-7(4)8(14)11(15)20-10/h6,9H,5H2,1-4H3,(H,16,17). The lowest BCUT2D eigenvalue weighted by molar-refractivity contribution is -0.146. The fraction of sp³-hybridized carbons (Fsp3) is 0.538. The number of ether oxygens (including phenoxy) is 1. The highest BCUT2D eigenvalue weighted by Crippen LogP contribution is 2.36. The van der Waals surface area contributed by atoms with Gasteiger partial charge in [-0.1, -0.05) is 13.8 Å². The molecule has 1 atom stereocenters. The van der Waals surface area contributed by atoms with E-state index in [1.165, 1.54) is 11.3 Å². The van der Waals surface area contributed by atoms with Gasteiger partial charge in [0.2, 0.25) is 0 Å². The second-order valence-electron chi connectivity index (χ2n) is 4.59. The van der Waals surface area contributed by atoms with Crippen molar-refractivity contribution in [2.75, 3.05) is 6.61 Å². The molecule has 1 aromatic rings. The first-order chi connectivity index (χ1) is 9.29. The molecule has 0 aromatic carbocycles. The van der Waals surface area contributed by atoms with E-state index in [-0.39, 0.29) is 11.8 Å². The fourth-order valence-electron chi connectivity index (χ4n) is 1.61. The number of esters is 1. The van der Waals surface area contributed by atoms with Gasteiger partial charge in [-0.05, 0) is 57.2 Å². The number of carbonyl (C=O) groups is 2. The summed E-state index contributed by atoms with van der Waals surface area (Å²) >= 11 is 8.13. The van der Waals surface area contributed by atoms with Crippen LogP contribution in [0.25, 0.3) is 0 Å². The Kier molecular flexibility index (Phi) is 6.68. The Morgan fingerprint density at radius 1 is 1.35 bits per heavy atom. The predicted molar refractivity (Wildman–Crippen MR) is 87.2 cm³/mol. The van der Waals surface area contributed by atoms with Crippen molar-refractivity contribution in [2.24, 2.45) is 5.92 Å². The molecule has 1 rings (SSSR count). The van der Waals surface area contributed by atoms with Crippen molar-refractivity contribution in [1.82, 2.24) is 5.32 Å². The van der Waals surface area contributed by atoms with Gasteiger partial charge in [0, 0.05) is 4.47 Å². The van der Waals surface area contributed by atoms with Crippen LogP contribution in [0.3, 0.4) is 0 Å². The molecular weight excluding hydrogens is 410 g/mol. The van der Waals surface area contributed by atoms with Crippen molar-refractivity contribution in [3.05, 3.63) is 18.7 Å². The van der Waals surface area contributed by atoms with Gasteiger partial charge in [0.25, 0.3) is 5.91 Å². The van der Waals surface area contributed by atoms with Gasteiger partial charge in [0.15, 0.2) is 0 Å². The van der Waals surface area contributed by atoms with Crippen molar-refractivity contribution >= 4 is 55.1 Å². The summed E-state index contributed by atoms with van der Waals surface area (Å²) in [6, 6.07) is -0.637. The molecule has 0 aliphatic carbocycles. The third-order valence-corrected chi connectivity index (χ3v) is 6.48. The summed E-state index contributed by atoms with van der Waals surface area (Å²) in [5, 5.41) is 2.75. The van der Waals surface area contributed by atoms with Crippen LogP contribution in [0.4, 0.5) is 0 Å². The maximum Gasteiger partial charge on any atom is 0.328 e. The number of nitrogens with one attached hydrogen (secondary N) is 1. The largest absolute Gasteiger partial charge is 0.464 e. The molecule has 0 fully saturated rings. The Bertz CT molecular complexity index is 514. The zero-order valence-corrected chi connectivity index (χ0v) is 15.7. The molecule has 0 spiro atoms. The Morgan fingerprint density at radius 3 is 2.35 bits per heavy atom. The van der Waals surface area contributed by atoms with E-state index in [1.807, 2.05) is 20.8 Å². The minimum atomic E-state index is -0.637. The average molecular weight is 427 g/mol. The van der Waals surface area contributed by atoms with Gasteiger partial charge in [0.1, 0.15) is 6.04 Å². The minimum Gasteiger partial charge on any atom is -0.464 e. The van der Waals surface area contributed by atoms with Crippen molar-refractivity contribution in [3.63, 3.8) is 0 Å². The number of carbonyl (C=O) groups excluding carboxylic acids is 2. The molecule has 4 nitrogen and oxygen atoms in total. The number of hydrogen-bond donors (Lipinski definition) is 1. The summed E-state index contributed by atoms with van der Waals surface area (Å²) in [6.07, 6.45) is 0. The lowest BCUT2D eigenvalue weighted by Crippen LogP contribution is -2.45. The van der Waals surface area contributed by atoms with Gasteiger partial charge in [-0.3, -0.25) is 4.79 Å². The van der Waals surface area contributed by atoms with Gasteiger partial charge in [-0.25, -0.2) is 4.79 Å². The summed E-state index contributed by atoms with van der Waals surface area (Å²) in [5.41, 5.74) is 0.853. The Balaban J connectivity index is 2.91. The van der Waals surface area contributed by atoms with E-state index in [9.17, 15) is 9.59 Å². The highest BCUT2D eigenvalue weighted by atomic mass is 79.9. The summed E-state index contributed by atoms with van der Waals surface area (Å²) in [4.78, 5) is 24.7. The van der Waals surface area contributed by atoms with Gasteiger partial charge in [0.05, 0.1) is 15.3 Å². The molecular formula is C13H17Br2NO3S. The number of hydrogen-bond acceptors (Lipinski definition) is 4. The van der Waals surface area contributed by atoms with E-state index in [0.717, 1.165) is 13.8 Å². The SMILES string of the molecule is CCOC(=O)C(NC(=O)c1sc(Br)c(Br)c1C)C(C)C. The normalized spacial score (nSPS) is 12.3. The fourth-order valence-corrected chi connectivity index (χ4v) is 3.80. The average Bonchev–Trinajstić information content (AvgIpc) is 2.63. The van der Waals surface area contributed by atoms with Gasteiger partial charge >= 0.3 is 5.97 Å². The molecule has 112 valence electrons. The van der Waals surface area contributed by atoms with E-state index in [0.29, 0.717) is 11.5 Å². The van der Waals surface area contributed by atoms with Crippen LogP contribution < -0.4 is 5.32 Å². The van der Waals surface area contributed by atoms with Crippen LogP contribution in [0, 0.1) is 12.8 Å². The lowest BCUT2D eigenvalue weighted by Gasteiger charge is -2.20. The highest BCUT2D eigenvalue weighted by molar-refractivity contribution is 9.13. The molecule has 1 amide bonds. The smallest absolute Gasteiger partial charge is 0.328 e. The highest BCUT2D eigenvalue weighted by Gasteiger charge is 2.27.